The highest BCUT2D eigenvalue weighted by atomic mass is 32.2. The first-order valence-electron chi connectivity index (χ1n) is 9.18. The van der Waals surface area contributed by atoms with E-state index in [2.05, 4.69) is 0 Å². The topological polar surface area (TPSA) is 63.7 Å². The van der Waals surface area contributed by atoms with Gasteiger partial charge in [-0.25, -0.2) is 8.42 Å². The van der Waals surface area contributed by atoms with Crippen molar-refractivity contribution in [1.82, 2.24) is 0 Å². The number of carbonyl (C=O) groups excluding carboxylic acids is 1. The van der Waals surface area contributed by atoms with Gasteiger partial charge in [0, 0.05) is 0 Å². The molecule has 0 bridgehead atoms. The maximum absolute atomic E-state index is 13.3. The number of anilines is 1. The first-order valence-corrected chi connectivity index (χ1v) is 10.6. The Labute approximate surface area is 171 Å². The lowest BCUT2D eigenvalue weighted by Gasteiger charge is -2.23. The Morgan fingerprint density at radius 2 is 1.41 bits per heavy atom. The molecule has 1 amide bonds. The second-order valence-corrected chi connectivity index (χ2v) is 8.70. The molecular formula is C23H23NO4S. The van der Waals surface area contributed by atoms with E-state index in [0.29, 0.717) is 5.75 Å². The average Bonchev–Trinajstić information content (AvgIpc) is 2.68. The van der Waals surface area contributed by atoms with E-state index in [9.17, 15) is 13.2 Å². The summed E-state index contributed by atoms with van der Waals surface area (Å²) in [6.45, 7) is 5.28. The quantitative estimate of drug-likeness (QED) is 0.605. The molecule has 0 unspecified atom stereocenters. The van der Waals surface area contributed by atoms with Crippen molar-refractivity contribution in [2.75, 3.05) is 10.9 Å². The van der Waals surface area contributed by atoms with Crippen molar-refractivity contribution >= 4 is 21.6 Å². The third-order valence-corrected chi connectivity index (χ3v) is 6.17. The average molecular weight is 410 g/mol. The monoisotopic (exact) mass is 409 g/mol. The van der Waals surface area contributed by atoms with Gasteiger partial charge in [-0.2, -0.15) is 4.31 Å². The summed E-state index contributed by atoms with van der Waals surface area (Å²) in [7, 11) is -4.09. The molecule has 3 aromatic carbocycles. The van der Waals surface area contributed by atoms with Crippen LogP contribution in [0.25, 0.3) is 0 Å². The number of hydrogen-bond donors (Lipinski definition) is 0. The fourth-order valence-electron chi connectivity index (χ4n) is 2.82. The van der Waals surface area contributed by atoms with Gasteiger partial charge < -0.3 is 4.74 Å². The van der Waals surface area contributed by atoms with Crippen LogP contribution >= 0.6 is 0 Å². The standard InChI is InChI=1S/C23H23NO4S/c1-17-7-11-20(12-8-17)24(29(26,27)22-13-9-18(2)10-14-22)23(25)16-28-21-6-4-5-19(3)15-21/h4-15H,16H2,1-3H3. The molecule has 0 aromatic heterocycles. The summed E-state index contributed by atoms with van der Waals surface area (Å²) in [5.41, 5.74) is 3.15. The van der Waals surface area contributed by atoms with E-state index >= 15 is 0 Å². The predicted molar refractivity (Wildman–Crippen MR) is 114 cm³/mol. The number of amides is 1. The van der Waals surface area contributed by atoms with Gasteiger partial charge in [0.25, 0.3) is 15.9 Å². The van der Waals surface area contributed by atoms with Crippen LogP contribution in [0.3, 0.4) is 0 Å². The molecule has 29 heavy (non-hydrogen) atoms. The fourth-order valence-corrected chi connectivity index (χ4v) is 4.23. The summed E-state index contributed by atoms with van der Waals surface area (Å²) in [6, 6.07) is 20.4. The van der Waals surface area contributed by atoms with Crippen molar-refractivity contribution in [3.63, 3.8) is 0 Å². The van der Waals surface area contributed by atoms with Crippen molar-refractivity contribution in [3.8, 4) is 5.75 Å². The van der Waals surface area contributed by atoms with Crippen molar-refractivity contribution in [2.24, 2.45) is 0 Å². The minimum absolute atomic E-state index is 0.0487. The van der Waals surface area contributed by atoms with E-state index in [1.165, 1.54) is 12.1 Å². The number of ether oxygens (including phenoxy) is 1. The molecule has 0 aliphatic carbocycles. The van der Waals surface area contributed by atoms with E-state index in [-0.39, 0.29) is 10.6 Å². The minimum Gasteiger partial charge on any atom is -0.484 e. The third-order valence-electron chi connectivity index (χ3n) is 4.41. The Hall–Kier alpha value is -3.12. The number of nitrogens with zero attached hydrogens (tertiary/aromatic N) is 1. The summed E-state index contributed by atoms with van der Waals surface area (Å²) >= 11 is 0. The van der Waals surface area contributed by atoms with Crippen LogP contribution in [0.5, 0.6) is 5.75 Å². The van der Waals surface area contributed by atoms with Crippen LogP contribution in [-0.2, 0) is 14.8 Å². The zero-order valence-electron chi connectivity index (χ0n) is 16.6. The van der Waals surface area contributed by atoms with Crippen LogP contribution in [0.1, 0.15) is 16.7 Å². The SMILES string of the molecule is Cc1ccc(N(C(=O)COc2cccc(C)c2)S(=O)(=O)c2ccc(C)cc2)cc1. The molecule has 0 radical (unpaired) electrons. The predicted octanol–water partition coefficient (Wildman–Crippen LogP) is 4.41. The van der Waals surface area contributed by atoms with Gasteiger partial charge in [0.1, 0.15) is 5.75 Å². The number of rotatable bonds is 6. The lowest BCUT2D eigenvalue weighted by Crippen LogP contribution is -2.40. The second-order valence-electron chi connectivity index (χ2n) is 6.92. The van der Waals surface area contributed by atoms with Crippen molar-refractivity contribution in [3.05, 3.63) is 89.5 Å². The maximum Gasteiger partial charge on any atom is 0.278 e. The van der Waals surface area contributed by atoms with Gasteiger partial charge in [0.05, 0.1) is 10.6 Å². The number of benzene rings is 3. The van der Waals surface area contributed by atoms with Gasteiger partial charge in [-0.3, -0.25) is 4.79 Å². The Morgan fingerprint density at radius 3 is 2.00 bits per heavy atom. The Balaban J connectivity index is 1.95. The smallest absolute Gasteiger partial charge is 0.278 e. The molecule has 0 aliphatic rings. The summed E-state index contributed by atoms with van der Waals surface area (Å²) in [4.78, 5) is 13.0. The van der Waals surface area contributed by atoms with Crippen molar-refractivity contribution < 1.29 is 17.9 Å². The summed E-state index contributed by atoms with van der Waals surface area (Å²) in [5.74, 6) is -0.161. The zero-order chi connectivity index (χ0) is 21.0. The number of carbonyl (C=O) groups is 1. The van der Waals surface area contributed by atoms with E-state index < -0.39 is 22.5 Å². The summed E-state index contributed by atoms with van der Waals surface area (Å²) < 4.78 is 33.0. The Bertz CT molecular complexity index is 1100. The van der Waals surface area contributed by atoms with Gasteiger partial charge >= 0.3 is 0 Å². The van der Waals surface area contributed by atoms with Crippen molar-refractivity contribution in [2.45, 2.75) is 25.7 Å². The molecule has 6 heteroatoms. The van der Waals surface area contributed by atoms with Gasteiger partial charge in [-0.1, -0.05) is 47.5 Å². The minimum atomic E-state index is -4.09. The number of hydrogen-bond acceptors (Lipinski definition) is 4. The van der Waals surface area contributed by atoms with Crippen LogP contribution in [0.15, 0.2) is 77.7 Å². The van der Waals surface area contributed by atoms with Gasteiger partial charge in [-0.05, 0) is 62.7 Å². The molecule has 150 valence electrons. The number of sulfonamides is 1. The second kappa shape index (κ2) is 8.49. The highest BCUT2D eigenvalue weighted by molar-refractivity contribution is 7.93. The molecule has 0 fully saturated rings. The lowest BCUT2D eigenvalue weighted by molar-refractivity contribution is -0.119. The molecule has 0 N–H and O–H groups in total. The molecule has 3 aromatic rings. The Kier molecular flexibility index (Phi) is 6.03. The highest BCUT2D eigenvalue weighted by Gasteiger charge is 2.31. The van der Waals surface area contributed by atoms with E-state index in [1.54, 1.807) is 48.5 Å². The Morgan fingerprint density at radius 1 is 0.828 bits per heavy atom. The van der Waals surface area contributed by atoms with Gasteiger partial charge in [0.2, 0.25) is 0 Å². The molecular weight excluding hydrogens is 386 g/mol. The van der Waals surface area contributed by atoms with E-state index in [4.69, 9.17) is 4.74 Å². The summed E-state index contributed by atoms with van der Waals surface area (Å²) in [5, 5.41) is 0. The van der Waals surface area contributed by atoms with Crippen LogP contribution in [-0.4, -0.2) is 20.9 Å². The molecule has 0 saturated heterocycles. The molecule has 0 aliphatic heterocycles. The van der Waals surface area contributed by atoms with Crippen LogP contribution in [0.4, 0.5) is 5.69 Å². The first-order chi connectivity index (χ1) is 13.8. The van der Waals surface area contributed by atoms with Crippen LogP contribution < -0.4 is 9.04 Å². The normalized spacial score (nSPS) is 11.1. The zero-order valence-corrected chi connectivity index (χ0v) is 17.4. The highest BCUT2D eigenvalue weighted by Crippen LogP contribution is 2.25. The molecule has 3 rings (SSSR count). The molecule has 0 spiro atoms. The molecule has 0 saturated carbocycles. The first kappa shape index (κ1) is 20.6. The largest absolute Gasteiger partial charge is 0.484 e. The molecule has 5 nitrogen and oxygen atoms in total. The molecule has 0 atom stereocenters. The van der Waals surface area contributed by atoms with Gasteiger partial charge in [0.15, 0.2) is 6.61 Å². The van der Waals surface area contributed by atoms with E-state index in [1.807, 2.05) is 32.9 Å². The van der Waals surface area contributed by atoms with Gasteiger partial charge in [-0.15, -0.1) is 0 Å². The van der Waals surface area contributed by atoms with Crippen LogP contribution in [0, 0.1) is 20.8 Å². The maximum atomic E-state index is 13.3. The lowest BCUT2D eigenvalue weighted by atomic mass is 10.2. The van der Waals surface area contributed by atoms with Crippen LogP contribution in [0.2, 0.25) is 0 Å². The summed E-state index contributed by atoms with van der Waals surface area (Å²) in [6.07, 6.45) is 0. The molecule has 0 heterocycles. The fraction of sp³-hybridized carbons (Fsp3) is 0.174. The van der Waals surface area contributed by atoms with Crippen molar-refractivity contribution in [1.29, 1.82) is 0 Å². The van der Waals surface area contributed by atoms with E-state index in [0.717, 1.165) is 21.0 Å². The third kappa shape index (κ3) is 4.84. The number of aryl methyl sites for hydroxylation is 3.